The SMILES string of the molecule is Cc1nnc(NCC2CCC(N)CC2)s1. The molecule has 5 heteroatoms. The predicted octanol–water partition coefficient (Wildman–Crippen LogP) is 1.78. The molecule has 1 aliphatic carbocycles. The van der Waals surface area contributed by atoms with Gasteiger partial charge in [-0.2, -0.15) is 0 Å². The van der Waals surface area contributed by atoms with Crippen LogP contribution in [0, 0.1) is 12.8 Å². The molecular weight excluding hydrogens is 208 g/mol. The number of anilines is 1. The monoisotopic (exact) mass is 226 g/mol. The van der Waals surface area contributed by atoms with Crippen molar-refractivity contribution in [2.75, 3.05) is 11.9 Å². The number of nitrogens with two attached hydrogens (primary N) is 1. The number of aryl methyl sites for hydroxylation is 1. The lowest BCUT2D eigenvalue weighted by molar-refractivity contribution is 0.339. The zero-order chi connectivity index (χ0) is 10.7. The lowest BCUT2D eigenvalue weighted by Gasteiger charge is -2.25. The van der Waals surface area contributed by atoms with Gasteiger partial charge in [0.2, 0.25) is 5.13 Å². The van der Waals surface area contributed by atoms with E-state index in [1.807, 2.05) is 6.92 Å². The number of aromatic nitrogens is 2. The Morgan fingerprint density at radius 1 is 1.33 bits per heavy atom. The molecule has 4 nitrogen and oxygen atoms in total. The van der Waals surface area contributed by atoms with Gasteiger partial charge in [0.25, 0.3) is 0 Å². The first-order valence-electron chi connectivity index (χ1n) is 5.53. The van der Waals surface area contributed by atoms with Crippen LogP contribution in [-0.4, -0.2) is 22.8 Å². The van der Waals surface area contributed by atoms with E-state index in [1.54, 1.807) is 11.3 Å². The van der Waals surface area contributed by atoms with Crippen LogP contribution in [0.15, 0.2) is 0 Å². The van der Waals surface area contributed by atoms with Gasteiger partial charge in [0.15, 0.2) is 0 Å². The summed E-state index contributed by atoms with van der Waals surface area (Å²) in [5.74, 6) is 0.758. The van der Waals surface area contributed by atoms with Gasteiger partial charge in [-0.15, -0.1) is 10.2 Å². The third-order valence-corrected chi connectivity index (χ3v) is 3.76. The van der Waals surface area contributed by atoms with E-state index in [1.165, 1.54) is 25.7 Å². The molecule has 1 aliphatic rings. The maximum atomic E-state index is 5.87. The van der Waals surface area contributed by atoms with Crippen LogP contribution in [0.1, 0.15) is 30.7 Å². The summed E-state index contributed by atoms with van der Waals surface area (Å²) in [5, 5.41) is 13.3. The lowest BCUT2D eigenvalue weighted by atomic mass is 9.86. The highest BCUT2D eigenvalue weighted by Crippen LogP contribution is 2.24. The van der Waals surface area contributed by atoms with Crippen molar-refractivity contribution >= 4 is 16.5 Å². The number of nitrogens with zero attached hydrogens (tertiary/aromatic N) is 2. The van der Waals surface area contributed by atoms with E-state index in [-0.39, 0.29) is 0 Å². The Kier molecular flexibility index (Phi) is 3.53. The van der Waals surface area contributed by atoms with Crippen molar-refractivity contribution in [3.8, 4) is 0 Å². The van der Waals surface area contributed by atoms with E-state index >= 15 is 0 Å². The van der Waals surface area contributed by atoms with Crippen LogP contribution < -0.4 is 11.1 Å². The Morgan fingerprint density at radius 2 is 2.07 bits per heavy atom. The smallest absolute Gasteiger partial charge is 0.205 e. The van der Waals surface area contributed by atoms with Crippen LogP contribution in [0.4, 0.5) is 5.13 Å². The molecule has 0 bridgehead atoms. The molecule has 0 saturated heterocycles. The fourth-order valence-electron chi connectivity index (χ4n) is 1.99. The Bertz CT molecular complexity index is 304. The van der Waals surface area contributed by atoms with Gasteiger partial charge in [-0.1, -0.05) is 11.3 Å². The van der Waals surface area contributed by atoms with E-state index in [9.17, 15) is 0 Å². The fourth-order valence-corrected chi connectivity index (χ4v) is 2.59. The predicted molar refractivity (Wildman–Crippen MR) is 63.1 cm³/mol. The molecule has 0 spiro atoms. The minimum atomic E-state index is 0.435. The number of hydrogen-bond donors (Lipinski definition) is 2. The van der Waals surface area contributed by atoms with Crippen molar-refractivity contribution in [2.24, 2.45) is 11.7 Å². The summed E-state index contributed by atoms with van der Waals surface area (Å²) < 4.78 is 0. The molecule has 0 amide bonds. The van der Waals surface area contributed by atoms with Gasteiger partial charge in [-0.05, 0) is 38.5 Å². The van der Waals surface area contributed by atoms with Gasteiger partial charge >= 0.3 is 0 Å². The van der Waals surface area contributed by atoms with Crippen molar-refractivity contribution < 1.29 is 0 Å². The van der Waals surface area contributed by atoms with Crippen LogP contribution in [0.2, 0.25) is 0 Å². The molecule has 1 saturated carbocycles. The van der Waals surface area contributed by atoms with Gasteiger partial charge in [0.1, 0.15) is 5.01 Å². The standard InChI is InChI=1S/C10H18N4S/c1-7-13-14-10(15-7)12-6-8-2-4-9(11)5-3-8/h8-9H,2-6,11H2,1H3,(H,12,14). The highest BCUT2D eigenvalue weighted by Gasteiger charge is 2.18. The number of nitrogens with one attached hydrogen (secondary N) is 1. The van der Waals surface area contributed by atoms with Crippen LogP contribution in [0.5, 0.6) is 0 Å². The first kappa shape index (κ1) is 10.8. The summed E-state index contributed by atoms with van der Waals surface area (Å²) in [6, 6.07) is 0.435. The fraction of sp³-hybridized carbons (Fsp3) is 0.800. The maximum absolute atomic E-state index is 5.87. The molecule has 0 atom stereocenters. The van der Waals surface area contributed by atoms with E-state index in [2.05, 4.69) is 15.5 Å². The second-order valence-electron chi connectivity index (χ2n) is 4.29. The average molecular weight is 226 g/mol. The molecule has 1 fully saturated rings. The highest BCUT2D eigenvalue weighted by molar-refractivity contribution is 7.15. The highest BCUT2D eigenvalue weighted by atomic mass is 32.1. The number of rotatable bonds is 3. The van der Waals surface area contributed by atoms with Gasteiger partial charge in [-0.25, -0.2) is 0 Å². The summed E-state index contributed by atoms with van der Waals surface area (Å²) in [7, 11) is 0. The Hall–Kier alpha value is -0.680. The Morgan fingerprint density at radius 3 is 2.67 bits per heavy atom. The zero-order valence-corrected chi connectivity index (χ0v) is 9.89. The zero-order valence-electron chi connectivity index (χ0n) is 9.07. The van der Waals surface area contributed by atoms with Crippen molar-refractivity contribution in [3.05, 3.63) is 5.01 Å². The molecule has 0 unspecified atom stereocenters. The lowest BCUT2D eigenvalue weighted by Crippen LogP contribution is -2.29. The largest absolute Gasteiger partial charge is 0.360 e. The quantitative estimate of drug-likeness (QED) is 0.824. The first-order chi connectivity index (χ1) is 7.24. The maximum Gasteiger partial charge on any atom is 0.205 e. The normalized spacial score (nSPS) is 26.5. The summed E-state index contributed by atoms with van der Waals surface area (Å²) >= 11 is 1.62. The third-order valence-electron chi connectivity index (χ3n) is 2.96. The molecule has 0 radical (unpaired) electrons. The molecule has 1 aromatic rings. The van der Waals surface area contributed by atoms with Crippen LogP contribution >= 0.6 is 11.3 Å². The summed E-state index contributed by atoms with van der Waals surface area (Å²) in [4.78, 5) is 0. The molecule has 1 aromatic heterocycles. The molecule has 15 heavy (non-hydrogen) atoms. The molecule has 0 aliphatic heterocycles. The van der Waals surface area contributed by atoms with Crippen LogP contribution in [0.3, 0.4) is 0 Å². The second kappa shape index (κ2) is 4.90. The molecule has 0 aromatic carbocycles. The van der Waals surface area contributed by atoms with Crippen molar-refractivity contribution in [1.29, 1.82) is 0 Å². The van der Waals surface area contributed by atoms with E-state index in [0.717, 1.165) is 22.6 Å². The average Bonchev–Trinajstić information content (AvgIpc) is 2.64. The van der Waals surface area contributed by atoms with Crippen molar-refractivity contribution in [1.82, 2.24) is 10.2 Å². The van der Waals surface area contributed by atoms with E-state index in [0.29, 0.717) is 6.04 Å². The molecule has 2 rings (SSSR count). The van der Waals surface area contributed by atoms with Gasteiger partial charge in [0, 0.05) is 12.6 Å². The minimum Gasteiger partial charge on any atom is -0.360 e. The first-order valence-corrected chi connectivity index (χ1v) is 6.35. The number of hydrogen-bond acceptors (Lipinski definition) is 5. The van der Waals surface area contributed by atoms with E-state index in [4.69, 9.17) is 5.73 Å². The Balaban J connectivity index is 1.74. The summed E-state index contributed by atoms with van der Waals surface area (Å²) in [5.41, 5.74) is 5.87. The molecule has 1 heterocycles. The minimum absolute atomic E-state index is 0.435. The molecule has 84 valence electrons. The van der Waals surface area contributed by atoms with Crippen molar-refractivity contribution in [3.63, 3.8) is 0 Å². The second-order valence-corrected chi connectivity index (χ2v) is 5.47. The molecular formula is C10H18N4S. The van der Waals surface area contributed by atoms with Crippen molar-refractivity contribution in [2.45, 2.75) is 38.6 Å². The summed E-state index contributed by atoms with van der Waals surface area (Å²) in [6.45, 7) is 2.99. The van der Waals surface area contributed by atoms with Gasteiger partial charge in [-0.3, -0.25) is 0 Å². The van der Waals surface area contributed by atoms with Crippen LogP contribution in [0.25, 0.3) is 0 Å². The third kappa shape index (κ3) is 3.14. The van der Waals surface area contributed by atoms with E-state index < -0.39 is 0 Å². The Labute approximate surface area is 94.3 Å². The molecule has 3 N–H and O–H groups in total. The summed E-state index contributed by atoms with van der Waals surface area (Å²) in [6.07, 6.45) is 4.82. The van der Waals surface area contributed by atoms with Gasteiger partial charge in [0.05, 0.1) is 0 Å². The van der Waals surface area contributed by atoms with Crippen LogP contribution in [-0.2, 0) is 0 Å². The van der Waals surface area contributed by atoms with Gasteiger partial charge < -0.3 is 11.1 Å². The topological polar surface area (TPSA) is 63.8 Å².